The molecule has 0 amide bonds. The summed E-state index contributed by atoms with van der Waals surface area (Å²) in [7, 11) is 0. The van der Waals surface area contributed by atoms with Crippen molar-refractivity contribution in [2.75, 3.05) is 0 Å². The molecule has 1 aromatic heterocycles. The van der Waals surface area contributed by atoms with Crippen LogP contribution in [0.25, 0.3) is 0 Å². The predicted molar refractivity (Wildman–Crippen MR) is 63.9 cm³/mol. The largest absolute Gasteiger partial charge is 0.381 e. The number of nitrogens with zero attached hydrogens (tertiary/aromatic N) is 3. The maximum atomic E-state index is 10.6. The monoisotopic (exact) mass is 231 g/mol. The van der Waals surface area contributed by atoms with Crippen LogP contribution in [0.15, 0.2) is 30.5 Å². The van der Waals surface area contributed by atoms with E-state index in [2.05, 4.69) is 11.1 Å². The van der Waals surface area contributed by atoms with Gasteiger partial charge in [-0.1, -0.05) is 29.8 Å². The lowest BCUT2D eigenvalue weighted by Gasteiger charge is -2.03. The first-order chi connectivity index (χ1) is 8.06. The normalized spacial score (nSPS) is 10.5. The molecule has 1 heterocycles. The number of imidazole rings is 1. The molecule has 5 heteroatoms. The van der Waals surface area contributed by atoms with Crippen molar-refractivity contribution in [3.05, 3.63) is 57.5 Å². The maximum Gasteiger partial charge on any atom is 0.381 e. The van der Waals surface area contributed by atoms with Gasteiger partial charge in [0.1, 0.15) is 6.20 Å². The van der Waals surface area contributed by atoms with Crippen LogP contribution in [0.2, 0.25) is 0 Å². The van der Waals surface area contributed by atoms with Gasteiger partial charge in [-0.3, -0.25) is 0 Å². The summed E-state index contributed by atoms with van der Waals surface area (Å²) >= 11 is 0. The van der Waals surface area contributed by atoms with Crippen molar-refractivity contribution in [3.8, 4) is 0 Å². The summed E-state index contributed by atoms with van der Waals surface area (Å²) in [6.07, 6.45) is 1.47. The summed E-state index contributed by atoms with van der Waals surface area (Å²) < 4.78 is 1.78. The Morgan fingerprint density at radius 3 is 2.76 bits per heavy atom. The van der Waals surface area contributed by atoms with Crippen LogP contribution < -0.4 is 0 Å². The van der Waals surface area contributed by atoms with Crippen molar-refractivity contribution in [2.45, 2.75) is 20.4 Å². The van der Waals surface area contributed by atoms with Crippen LogP contribution in [-0.4, -0.2) is 14.5 Å². The van der Waals surface area contributed by atoms with E-state index in [1.807, 2.05) is 25.1 Å². The van der Waals surface area contributed by atoms with Gasteiger partial charge in [0.05, 0.1) is 6.54 Å². The molecule has 0 saturated heterocycles. The fourth-order valence-corrected chi connectivity index (χ4v) is 1.75. The molecule has 88 valence electrons. The highest BCUT2D eigenvalue weighted by molar-refractivity contribution is 5.24. The lowest BCUT2D eigenvalue weighted by atomic mass is 10.1. The Kier molecular flexibility index (Phi) is 2.91. The molecule has 0 aliphatic rings. The topological polar surface area (TPSA) is 61.0 Å². The zero-order chi connectivity index (χ0) is 12.4. The minimum absolute atomic E-state index is 0.102. The fourth-order valence-electron chi connectivity index (χ4n) is 1.75. The molecule has 0 aliphatic carbocycles. The van der Waals surface area contributed by atoms with Gasteiger partial charge in [-0.15, -0.1) is 0 Å². The molecule has 2 rings (SSSR count). The SMILES string of the molecule is Cc1cccc(Cn2cc([N+](=O)[O-])nc2C)c1. The van der Waals surface area contributed by atoms with Crippen LogP contribution in [0.4, 0.5) is 5.82 Å². The van der Waals surface area contributed by atoms with Gasteiger partial charge in [-0.25, -0.2) is 0 Å². The van der Waals surface area contributed by atoms with Crippen LogP contribution in [0.1, 0.15) is 17.0 Å². The summed E-state index contributed by atoms with van der Waals surface area (Å²) in [6.45, 7) is 4.39. The first-order valence-corrected chi connectivity index (χ1v) is 5.30. The van der Waals surface area contributed by atoms with Gasteiger partial charge < -0.3 is 14.7 Å². The molecule has 0 radical (unpaired) electrons. The molecule has 5 nitrogen and oxygen atoms in total. The Hall–Kier alpha value is -2.17. The number of aryl methyl sites for hydroxylation is 2. The molecular formula is C12H13N3O2. The highest BCUT2D eigenvalue weighted by atomic mass is 16.6. The van der Waals surface area contributed by atoms with Crippen molar-refractivity contribution in [1.82, 2.24) is 9.55 Å². The third-order valence-corrected chi connectivity index (χ3v) is 2.59. The van der Waals surface area contributed by atoms with E-state index in [1.54, 1.807) is 11.5 Å². The summed E-state index contributed by atoms with van der Waals surface area (Å²) in [5.74, 6) is 0.549. The third kappa shape index (κ3) is 2.50. The molecule has 17 heavy (non-hydrogen) atoms. The minimum atomic E-state index is -0.472. The minimum Gasteiger partial charge on any atom is -0.358 e. The number of hydrogen-bond acceptors (Lipinski definition) is 3. The van der Waals surface area contributed by atoms with E-state index in [0.717, 1.165) is 5.56 Å². The van der Waals surface area contributed by atoms with Gasteiger partial charge in [-0.2, -0.15) is 0 Å². The van der Waals surface area contributed by atoms with E-state index in [0.29, 0.717) is 12.4 Å². The first kappa shape index (κ1) is 11.3. The number of rotatable bonds is 3. The Morgan fingerprint density at radius 1 is 1.41 bits per heavy atom. The Labute approximate surface area is 98.9 Å². The zero-order valence-corrected chi connectivity index (χ0v) is 9.75. The molecule has 0 aliphatic heterocycles. The van der Waals surface area contributed by atoms with E-state index in [4.69, 9.17) is 0 Å². The third-order valence-electron chi connectivity index (χ3n) is 2.59. The van der Waals surface area contributed by atoms with E-state index < -0.39 is 4.92 Å². The van der Waals surface area contributed by atoms with E-state index in [9.17, 15) is 10.1 Å². The second-order valence-corrected chi connectivity index (χ2v) is 4.02. The molecule has 0 bridgehead atoms. The molecule has 2 aromatic rings. The lowest BCUT2D eigenvalue weighted by Crippen LogP contribution is -2.00. The van der Waals surface area contributed by atoms with Crippen LogP contribution in [0.3, 0.4) is 0 Å². The number of nitro groups is 1. The summed E-state index contributed by atoms with van der Waals surface area (Å²) in [6, 6.07) is 8.06. The van der Waals surface area contributed by atoms with Crippen molar-refractivity contribution < 1.29 is 4.92 Å². The molecule has 1 aromatic carbocycles. The van der Waals surface area contributed by atoms with E-state index >= 15 is 0 Å². The molecule has 0 fully saturated rings. The average molecular weight is 231 g/mol. The molecule has 0 saturated carbocycles. The highest BCUT2D eigenvalue weighted by Crippen LogP contribution is 2.13. The molecule has 0 spiro atoms. The van der Waals surface area contributed by atoms with Gasteiger partial charge in [0.15, 0.2) is 0 Å². The predicted octanol–water partition coefficient (Wildman–Crippen LogP) is 2.46. The molecule has 0 N–H and O–H groups in total. The highest BCUT2D eigenvalue weighted by Gasteiger charge is 2.14. The Morgan fingerprint density at radius 2 is 2.18 bits per heavy atom. The van der Waals surface area contributed by atoms with Gasteiger partial charge in [-0.05, 0) is 22.4 Å². The van der Waals surface area contributed by atoms with Crippen LogP contribution in [0.5, 0.6) is 0 Å². The average Bonchev–Trinajstić information content (AvgIpc) is 2.61. The molecule has 0 atom stereocenters. The van der Waals surface area contributed by atoms with Gasteiger partial charge in [0.2, 0.25) is 5.82 Å². The van der Waals surface area contributed by atoms with Gasteiger partial charge >= 0.3 is 5.82 Å². The number of aromatic nitrogens is 2. The Balaban J connectivity index is 2.27. The second-order valence-electron chi connectivity index (χ2n) is 4.02. The Bertz CT molecular complexity index is 561. The standard InChI is InChI=1S/C12H13N3O2/c1-9-4-3-5-11(6-9)7-14-8-12(15(16)17)13-10(14)2/h3-6,8H,7H2,1-2H3. The smallest absolute Gasteiger partial charge is 0.358 e. The van der Waals surface area contributed by atoms with E-state index in [1.165, 1.54) is 11.8 Å². The molecule has 0 unspecified atom stereocenters. The van der Waals surface area contributed by atoms with Gasteiger partial charge in [0, 0.05) is 6.92 Å². The van der Waals surface area contributed by atoms with Crippen LogP contribution in [0, 0.1) is 24.0 Å². The lowest BCUT2D eigenvalue weighted by molar-refractivity contribution is -0.389. The van der Waals surface area contributed by atoms with E-state index in [-0.39, 0.29) is 5.82 Å². The van der Waals surface area contributed by atoms with Crippen molar-refractivity contribution in [1.29, 1.82) is 0 Å². The van der Waals surface area contributed by atoms with Crippen molar-refractivity contribution in [2.24, 2.45) is 0 Å². The second kappa shape index (κ2) is 4.37. The first-order valence-electron chi connectivity index (χ1n) is 5.30. The summed E-state index contributed by atoms with van der Waals surface area (Å²) in [5, 5.41) is 10.6. The van der Waals surface area contributed by atoms with Crippen molar-refractivity contribution in [3.63, 3.8) is 0 Å². The quantitative estimate of drug-likeness (QED) is 0.602. The number of benzene rings is 1. The van der Waals surface area contributed by atoms with Crippen LogP contribution in [-0.2, 0) is 6.54 Å². The summed E-state index contributed by atoms with van der Waals surface area (Å²) in [5.41, 5.74) is 2.29. The van der Waals surface area contributed by atoms with Crippen molar-refractivity contribution >= 4 is 5.82 Å². The summed E-state index contributed by atoms with van der Waals surface area (Å²) in [4.78, 5) is 14.0. The van der Waals surface area contributed by atoms with Crippen LogP contribution >= 0.6 is 0 Å². The zero-order valence-electron chi connectivity index (χ0n) is 9.75. The fraction of sp³-hybridized carbons (Fsp3) is 0.250. The number of hydrogen-bond donors (Lipinski definition) is 0. The molecular weight excluding hydrogens is 218 g/mol. The maximum absolute atomic E-state index is 10.6. The van der Waals surface area contributed by atoms with Gasteiger partial charge in [0.25, 0.3) is 0 Å².